The summed E-state index contributed by atoms with van der Waals surface area (Å²) in [5, 5.41) is 11.9. The predicted molar refractivity (Wildman–Crippen MR) is 106 cm³/mol. The molecule has 0 unspecified atom stereocenters. The van der Waals surface area contributed by atoms with Gasteiger partial charge in [0.25, 0.3) is 0 Å². The van der Waals surface area contributed by atoms with Gasteiger partial charge in [0.1, 0.15) is 12.4 Å². The van der Waals surface area contributed by atoms with Crippen molar-refractivity contribution in [3.63, 3.8) is 0 Å². The maximum atomic E-state index is 12.2. The normalized spacial score (nSPS) is 14.5. The van der Waals surface area contributed by atoms with Gasteiger partial charge < -0.3 is 20.1 Å². The predicted octanol–water partition coefficient (Wildman–Crippen LogP) is 3.31. The summed E-state index contributed by atoms with van der Waals surface area (Å²) in [5.41, 5.74) is 2.25. The lowest BCUT2D eigenvalue weighted by molar-refractivity contribution is -0.143. The van der Waals surface area contributed by atoms with Crippen LogP contribution >= 0.6 is 0 Å². The van der Waals surface area contributed by atoms with E-state index in [9.17, 15) is 9.59 Å². The molecule has 6 nitrogen and oxygen atoms in total. The third-order valence-electron chi connectivity index (χ3n) is 4.99. The lowest BCUT2D eigenvalue weighted by Crippen LogP contribution is -2.45. The number of nitrogens with one attached hydrogen (secondary N) is 1. The number of hydrogen-bond donors (Lipinski definition) is 2. The monoisotopic (exact) mass is 382 g/mol. The van der Waals surface area contributed by atoms with Gasteiger partial charge in [0.05, 0.1) is 5.92 Å². The van der Waals surface area contributed by atoms with Gasteiger partial charge in [-0.3, -0.25) is 4.79 Å². The largest absolute Gasteiger partial charge is 0.489 e. The number of aliphatic carboxylic acids is 1. The van der Waals surface area contributed by atoms with Crippen LogP contribution in [0.25, 0.3) is 0 Å². The van der Waals surface area contributed by atoms with E-state index in [1.807, 2.05) is 54.6 Å². The summed E-state index contributed by atoms with van der Waals surface area (Å²) in [4.78, 5) is 24.8. The minimum atomic E-state index is -0.767. The minimum Gasteiger partial charge on any atom is -0.489 e. The number of hydrogen-bond acceptors (Lipinski definition) is 3. The summed E-state index contributed by atoms with van der Waals surface area (Å²) in [6, 6.07) is 17.8. The molecule has 6 heteroatoms. The Balaban J connectivity index is 1.37. The Kier molecular flexibility index (Phi) is 6.89. The molecule has 1 fully saturated rings. The third-order valence-corrected chi connectivity index (χ3v) is 4.99. The van der Waals surface area contributed by atoms with Crippen LogP contribution in [-0.2, 0) is 17.8 Å². The average molecular weight is 382 g/mol. The number of benzene rings is 2. The number of likely N-dealkylation sites (tertiary alicyclic amines) is 1. The molecule has 0 atom stereocenters. The summed E-state index contributed by atoms with van der Waals surface area (Å²) < 4.78 is 5.78. The highest BCUT2D eigenvalue weighted by atomic mass is 16.5. The molecule has 3 rings (SSSR count). The van der Waals surface area contributed by atoms with Crippen LogP contribution in [0.2, 0.25) is 0 Å². The van der Waals surface area contributed by atoms with Crippen molar-refractivity contribution in [2.24, 2.45) is 5.92 Å². The van der Waals surface area contributed by atoms with Gasteiger partial charge in [0.2, 0.25) is 0 Å². The maximum absolute atomic E-state index is 12.2. The first-order valence-corrected chi connectivity index (χ1v) is 9.63. The Morgan fingerprint density at radius 2 is 1.68 bits per heavy atom. The van der Waals surface area contributed by atoms with Gasteiger partial charge in [0, 0.05) is 19.6 Å². The standard InChI is InChI=1S/C22H26N2O4/c25-21(26)19-11-14-24(15-12-19)22(27)23-13-10-17-6-8-20(9-7-17)28-16-18-4-2-1-3-5-18/h1-9,19H,10-16H2,(H,23,27)(H,25,26). The molecule has 2 aromatic rings. The molecule has 0 bridgehead atoms. The van der Waals surface area contributed by atoms with Crippen LogP contribution in [0.15, 0.2) is 54.6 Å². The number of urea groups is 1. The number of piperidine rings is 1. The number of rotatable bonds is 7. The Bertz CT molecular complexity index is 769. The van der Waals surface area contributed by atoms with Gasteiger partial charge in [-0.2, -0.15) is 0 Å². The van der Waals surface area contributed by atoms with Gasteiger partial charge in [-0.05, 0) is 42.5 Å². The second-order valence-corrected chi connectivity index (χ2v) is 7.00. The second kappa shape index (κ2) is 9.78. The highest BCUT2D eigenvalue weighted by molar-refractivity contribution is 5.75. The number of amides is 2. The van der Waals surface area contributed by atoms with E-state index in [1.54, 1.807) is 4.90 Å². The average Bonchev–Trinajstić information content (AvgIpc) is 2.74. The zero-order chi connectivity index (χ0) is 19.8. The van der Waals surface area contributed by atoms with Crippen LogP contribution in [0.5, 0.6) is 5.75 Å². The molecule has 1 aliphatic rings. The van der Waals surface area contributed by atoms with E-state index >= 15 is 0 Å². The van der Waals surface area contributed by atoms with E-state index in [-0.39, 0.29) is 11.9 Å². The minimum absolute atomic E-state index is 0.119. The van der Waals surface area contributed by atoms with Crippen LogP contribution in [-0.4, -0.2) is 41.6 Å². The van der Waals surface area contributed by atoms with Crippen LogP contribution in [0.4, 0.5) is 4.79 Å². The summed E-state index contributed by atoms with van der Waals surface area (Å²) in [6.07, 6.45) is 1.77. The highest BCUT2D eigenvalue weighted by Gasteiger charge is 2.26. The highest BCUT2D eigenvalue weighted by Crippen LogP contribution is 2.17. The van der Waals surface area contributed by atoms with Crippen LogP contribution < -0.4 is 10.1 Å². The first kappa shape index (κ1) is 19.7. The molecule has 1 saturated heterocycles. The molecule has 0 radical (unpaired) electrons. The third kappa shape index (κ3) is 5.74. The number of carbonyl (C=O) groups is 2. The zero-order valence-electron chi connectivity index (χ0n) is 15.8. The van der Waals surface area contributed by atoms with Crippen molar-refractivity contribution < 1.29 is 19.4 Å². The lowest BCUT2D eigenvalue weighted by atomic mass is 9.97. The van der Waals surface area contributed by atoms with Crippen LogP contribution in [0.1, 0.15) is 24.0 Å². The lowest BCUT2D eigenvalue weighted by Gasteiger charge is -2.30. The Hall–Kier alpha value is -3.02. The van der Waals surface area contributed by atoms with Crippen molar-refractivity contribution in [2.45, 2.75) is 25.9 Å². The Labute approximate surface area is 165 Å². The van der Waals surface area contributed by atoms with Crippen LogP contribution in [0.3, 0.4) is 0 Å². The number of nitrogens with zero attached hydrogens (tertiary/aromatic N) is 1. The van der Waals surface area contributed by atoms with E-state index in [0.29, 0.717) is 39.1 Å². The molecule has 2 N–H and O–H groups in total. The smallest absolute Gasteiger partial charge is 0.317 e. The number of ether oxygens (including phenoxy) is 1. The first-order chi connectivity index (χ1) is 13.6. The molecule has 0 spiro atoms. The zero-order valence-corrected chi connectivity index (χ0v) is 15.8. The van der Waals surface area contributed by atoms with Gasteiger partial charge >= 0.3 is 12.0 Å². The van der Waals surface area contributed by atoms with Crippen molar-refractivity contribution in [2.75, 3.05) is 19.6 Å². The molecule has 0 aromatic heterocycles. The molecule has 148 valence electrons. The van der Waals surface area contributed by atoms with Crippen molar-refractivity contribution in [1.82, 2.24) is 10.2 Å². The van der Waals surface area contributed by atoms with E-state index in [1.165, 1.54) is 0 Å². The molecule has 2 amide bonds. The van der Waals surface area contributed by atoms with Gasteiger partial charge in [-0.1, -0.05) is 42.5 Å². The maximum Gasteiger partial charge on any atom is 0.317 e. The molecule has 28 heavy (non-hydrogen) atoms. The Morgan fingerprint density at radius 3 is 2.32 bits per heavy atom. The fourth-order valence-electron chi connectivity index (χ4n) is 3.25. The second-order valence-electron chi connectivity index (χ2n) is 7.00. The van der Waals surface area contributed by atoms with Gasteiger partial charge in [-0.15, -0.1) is 0 Å². The summed E-state index contributed by atoms with van der Waals surface area (Å²) in [5.74, 6) is -0.277. The SMILES string of the molecule is O=C(O)C1CCN(C(=O)NCCc2ccc(OCc3ccccc3)cc2)CC1. The summed E-state index contributed by atoms with van der Waals surface area (Å²) >= 11 is 0. The van der Waals surface area contributed by atoms with Crippen molar-refractivity contribution in [1.29, 1.82) is 0 Å². The molecule has 1 heterocycles. The van der Waals surface area contributed by atoms with Gasteiger partial charge in [-0.25, -0.2) is 4.79 Å². The summed E-state index contributed by atoms with van der Waals surface area (Å²) in [7, 11) is 0. The van der Waals surface area contributed by atoms with Crippen molar-refractivity contribution >= 4 is 12.0 Å². The molecular formula is C22H26N2O4. The summed E-state index contributed by atoms with van der Waals surface area (Å²) in [6.45, 7) is 2.07. The fraction of sp³-hybridized carbons (Fsp3) is 0.364. The van der Waals surface area contributed by atoms with Crippen molar-refractivity contribution in [3.05, 3.63) is 65.7 Å². The number of carbonyl (C=O) groups excluding carboxylic acids is 1. The molecule has 0 saturated carbocycles. The van der Waals surface area contributed by atoms with E-state index in [0.717, 1.165) is 23.3 Å². The van der Waals surface area contributed by atoms with E-state index in [4.69, 9.17) is 9.84 Å². The van der Waals surface area contributed by atoms with Crippen molar-refractivity contribution in [3.8, 4) is 5.75 Å². The van der Waals surface area contributed by atoms with Gasteiger partial charge in [0.15, 0.2) is 0 Å². The molecule has 2 aromatic carbocycles. The van der Waals surface area contributed by atoms with Crippen LogP contribution in [0, 0.1) is 5.92 Å². The first-order valence-electron chi connectivity index (χ1n) is 9.63. The molecular weight excluding hydrogens is 356 g/mol. The quantitative estimate of drug-likeness (QED) is 0.770. The topological polar surface area (TPSA) is 78.9 Å². The number of carboxylic acids is 1. The van der Waals surface area contributed by atoms with E-state index in [2.05, 4.69) is 5.32 Å². The molecule has 0 aliphatic carbocycles. The van der Waals surface area contributed by atoms with E-state index < -0.39 is 5.97 Å². The molecule has 1 aliphatic heterocycles. The Morgan fingerprint density at radius 1 is 1.00 bits per heavy atom. The fourth-order valence-corrected chi connectivity index (χ4v) is 3.25. The number of carboxylic acid groups (broad SMARTS) is 1.